The second kappa shape index (κ2) is 7.31. The minimum Gasteiger partial charge on any atom is -0.507 e. The lowest BCUT2D eigenvalue weighted by atomic mass is 9.95. The number of benzene rings is 2. The number of Topliss-reactive ketones (excluding diaryl/α,β-unsaturated/α-hetero) is 1. The number of aliphatic hydroxyl groups is 1. The molecule has 1 saturated heterocycles. The lowest BCUT2D eigenvalue weighted by molar-refractivity contribution is -0.132. The molecule has 0 radical (unpaired) electrons. The number of carbonyl (C=O) groups excluding carboxylic acids is 2. The number of pyridine rings is 1. The van der Waals surface area contributed by atoms with E-state index in [9.17, 15) is 19.1 Å². The fourth-order valence-electron chi connectivity index (χ4n) is 3.39. The molecule has 1 aromatic heterocycles. The van der Waals surface area contributed by atoms with Crippen molar-refractivity contribution in [2.45, 2.75) is 13.0 Å². The highest BCUT2D eigenvalue weighted by atomic mass is 19.1. The van der Waals surface area contributed by atoms with Crippen molar-refractivity contribution in [2.75, 3.05) is 4.90 Å². The van der Waals surface area contributed by atoms with Crippen molar-refractivity contribution < 1.29 is 19.1 Å². The molecule has 6 heteroatoms. The van der Waals surface area contributed by atoms with Gasteiger partial charge in [-0.15, -0.1) is 0 Å². The fourth-order valence-corrected chi connectivity index (χ4v) is 3.39. The van der Waals surface area contributed by atoms with Gasteiger partial charge in [0.2, 0.25) is 0 Å². The predicted molar refractivity (Wildman–Crippen MR) is 107 cm³/mol. The highest BCUT2D eigenvalue weighted by Gasteiger charge is 2.47. The lowest BCUT2D eigenvalue weighted by Crippen LogP contribution is -2.30. The summed E-state index contributed by atoms with van der Waals surface area (Å²) < 4.78 is 13.5. The Morgan fingerprint density at radius 1 is 1.00 bits per heavy atom. The molecular weight excluding hydrogens is 371 g/mol. The highest BCUT2D eigenvalue weighted by Crippen LogP contribution is 2.41. The van der Waals surface area contributed by atoms with Crippen molar-refractivity contribution in [3.05, 3.63) is 101 Å². The van der Waals surface area contributed by atoms with Crippen molar-refractivity contribution in [3.63, 3.8) is 0 Å². The molecule has 1 N–H and O–H groups in total. The molecule has 2 aromatic carbocycles. The maximum Gasteiger partial charge on any atom is 0.301 e. The minimum absolute atomic E-state index is 0.0592. The summed E-state index contributed by atoms with van der Waals surface area (Å²) in [6.45, 7) is 1.91. The van der Waals surface area contributed by atoms with Crippen LogP contribution in [-0.2, 0) is 9.59 Å². The molecule has 0 spiro atoms. The van der Waals surface area contributed by atoms with Crippen LogP contribution in [0.3, 0.4) is 0 Å². The summed E-state index contributed by atoms with van der Waals surface area (Å²) in [5.74, 6) is -2.07. The average molecular weight is 388 g/mol. The van der Waals surface area contributed by atoms with Gasteiger partial charge in [-0.1, -0.05) is 48.0 Å². The van der Waals surface area contributed by atoms with Crippen LogP contribution in [0.4, 0.5) is 10.2 Å². The summed E-state index contributed by atoms with van der Waals surface area (Å²) in [6, 6.07) is 16.5. The zero-order chi connectivity index (χ0) is 20.5. The number of hydrogen-bond acceptors (Lipinski definition) is 4. The number of carbonyl (C=O) groups is 2. The minimum atomic E-state index is -0.924. The predicted octanol–water partition coefficient (Wildman–Crippen LogP) is 4.16. The van der Waals surface area contributed by atoms with Gasteiger partial charge < -0.3 is 5.11 Å². The molecule has 1 unspecified atom stereocenters. The third kappa shape index (κ3) is 3.29. The van der Waals surface area contributed by atoms with E-state index in [0.29, 0.717) is 11.1 Å². The van der Waals surface area contributed by atoms with E-state index in [0.717, 1.165) is 5.56 Å². The van der Waals surface area contributed by atoms with E-state index in [-0.39, 0.29) is 17.2 Å². The average Bonchev–Trinajstić information content (AvgIpc) is 3.00. The van der Waals surface area contributed by atoms with E-state index >= 15 is 0 Å². The number of nitrogens with zero attached hydrogens (tertiary/aromatic N) is 2. The van der Waals surface area contributed by atoms with Crippen molar-refractivity contribution in [1.29, 1.82) is 0 Å². The van der Waals surface area contributed by atoms with Gasteiger partial charge in [0.05, 0.1) is 11.6 Å². The zero-order valence-electron chi connectivity index (χ0n) is 15.5. The van der Waals surface area contributed by atoms with Gasteiger partial charge in [0.15, 0.2) is 0 Å². The number of rotatable bonds is 3. The second-order valence-electron chi connectivity index (χ2n) is 6.77. The van der Waals surface area contributed by atoms with Gasteiger partial charge >= 0.3 is 5.91 Å². The van der Waals surface area contributed by atoms with Crippen LogP contribution >= 0.6 is 0 Å². The van der Waals surface area contributed by atoms with Crippen LogP contribution in [0.1, 0.15) is 22.7 Å². The first-order valence-electron chi connectivity index (χ1n) is 9.02. The Morgan fingerprint density at radius 3 is 2.31 bits per heavy atom. The van der Waals surface area contributed by atoms with E-state index in [1.807, 2.05) is 6.92 Å². The highest BCUT2D eigenvalue weighted by molar-refractivity contribution is 6.51. The standard InChI is InChI=1S/C23H17FN2O3/c1-14-5-7-16(8-6-14)21(27)19-20(15-9-11-17(24)12-10-15)26(23(29)22(19)28)18-4-2-3-13-25-18/h2-13,20,27H,1H3/b21-19-. The third-order valence-electron chi connectivity index (χ3n) is 4.85. The first kappa shape index (κ1) is 18.6. The Kier molecular flexibility index (Phi) is 4.68. The summed E-state index contributed by atoms with van der Waals surface area (Å²) in [7, 11) is 0. The Morgan fingerprint density at radius 2 is 1.69 bits per heavy atom. The summed E-state index contributed by atoms with van der Waals surface area (Å²) in [4.78, 5) is 31.2. The molecule has 5 nitrogen and oxygen atoms in total. The normalized spacial score (nSPS) is 18.3. The molecule has 144 valence electrons. The van der Waals surface area contributed by atoms with E-state index in [2.05, 4.69) is 4.98 Å². The molecule has 4 rings (SSSR count). The van der Waals surface area contributed by atoms with Gasteiger partial charge in [-0.2, -0.15) is 0 Å². The van der Waals surface area contributed by atoms with Gasteiger partial charge in [0, 0.05) is 11.8 Å². The van der Waals surface area contributed by atoms with Crippen LogP contribution in [0.5, 0.6) is 0 Å². The van der Waals surface area contributed by atoms with E-state index in [1.54, 1.807) is 42.5 Å². The zero-order valence-corrected chi connectivity index (χ0v) is 15.5. The molecule has 1 atom stereocenters. The van der Waals surface area contributed by atoms with Crippen LogP contribution in [0.15, 0.2) is 78.5 Å². The summed E-state index contributed by atoms with van der Waals surface area (Å²) in [6.07, 6.45) is 1.51. The molecule has 1 aliphatic rings. The van der Waals surface area contributed by atoms with Gasteiger partial charge in [0.25, 0.3) is 5.78 Å². The fraction of sp³-hybridized carbons (Fsp3) is 0.0870. The number of ketones is 1. The maximum absolute atomic E-state index is 13.5. The number of amides is 1. The van der Waals surface area contributed by atoms with Gasteiger partial charge in [-0.25, -0.2) is 9.37 Å². The first-order chi connectivity index (χ1) is 14.0. The van der Waals surface area contributed by atoms with Gasteiger partial charge in [0.1, 0.15) is 17.4 Å². The van der Waals surface area contributed by atoms with Gasteiger partial charge in [-0.05, 0) is 36.8 Å². The molecule has 2 heterocycles. The summed E-state index contributed by atoms with van der Waals surface area (Å²) >= 11 is 0. The van der Waals surface area contributed by atoms with Crippen LogP contribution in [0, 0.1) is 12.7 Å². The molecule has 3 aromatic rings. The molecule has 1 aliphatic heterocycles. The lowest BCUT2D eigenvalue weighted by Gasteiger charge is -2.24. The summed E-state index contributed by atoms with van der Waals surface area (Å²) in [5.41, 5.74) is 1.84. The quantitative estimate of drug-likeness (QED) is 0.416. The smallest absolute Gasteiger partial charge is 0.301 e. The second-order valence-corrected chi connectivity index (χ2v) is 6.77. The molecule has 1 amide bonds. The largest absolute Gasteiger partial charge is 0.507 e. The van der Waals surface area contributed by atoms with E-state index in [1.165, 1.54) is 35.4 Å². The van der Waals surface area contributed by atoms with Gasteiger partial charge in [-0.3, -0.25) is 14.5 Å². The first-order valence-corrected chi connectivity index (χ1v) is 9.02. The van der Waals surface area contributed by atoms with E-state index in [4.69, 9.17) is 0 Å². The van der Waals surface area contributed by atoms with Crippen molar-refractivity contribution in [2.24, 2.45) is 0 Å². The third-order valence-corrected chi connectivity index (χ3v) is 4.85. The summed E-state index contributed by atoms with van der Waals surface area (Å²) in [5, 5.41) is 10.9. The number of aryl methyl sites for hydroxylation is 1. The number of aliphatic hydroxyl groups excluding tert-OH is 1. The SMILES string of the molecule is Cc1ccc(/C(O)=C2/C(=O)C(=O)N(c3ccccn3)C2c2ccc(F)cc2)cc1. The van der Waals surface area contributed by atoms with Crippen LogP contribution in [0.25, 0.3) is 5.76 Å². The molecule has 0 bridgehead atoms. The Labute approximate surface area is 166 Å². The Balaban J connectivity index is 1.94. The monoisotopic (exact) mass is 388 g/mol. The van der Waals surface area contributed by atoms with Crippen LogP contribution in [0.2, 0.25) is 0 Å². The van der Waals surface area contributed by atoms with Crippen LogP contribution in [-0.4, -0.2) is 21.8 Å². The molecule has 1 fully saturated rings. The number of aromatic nitrogens is 1. The molecule has 0 aliphatic carbocycles. The van der Waals surface area contributed by atoms with E-state index < -0.39 is 23.5 Å². The van der Waals surface area contributed by atoms with Crippen molar-refractivity contribution in [3.8, 4) is 0 Å². The van der Waals surface area contributed by atoms with Crippen molar-refractivity contribution in [1.82, 2.24) is 4.98 Å². The number of hydrogen-bond donors (Lipinski definition) is 1. The molecular formula is C23H17FN2O3. The number of halogens is 1. The molecule has 29 heavy (non-hydrogen) atoms. The maximum atomic E-state index is 13.5. The Bertz CT molecular complexity index is 1110. The number of anilines is 1. The molecule has 0 saturated carbocycles. The van der Waals surface area contributed by atoms with Crippen LogP contribution < -0.4 is 4.90 Å². The Hall–Kier alpha value is -3.80. The topological polar surface area (TPSA) is 70.5 Å². The van der Waals surface area contributed by atoms with Crippen molar-refractivity contribution >= 4 is 23.3 Å².